The van der Waals surface area contributed by atoms with Crippen molar-refractivity contribution >= 4 is 5.69 Å². The summed E-state index contributed by atoms with van der Waals surface area (Å²) in [5.41, 5.74) is 10.6. The lowest BCUT2D eigenvalue weighted by Crippen LogP contribution is -1.97. The van der Waals surface area contributed by atoms with Crippen LogP contribution in [0.5, 0.6) is 0 Å². The van der Waals surface area contributed by atoms with E-state index in [9.17, 15) is 0 Å². The van der Waals surface area contributed by atoms with Crippen molar-refractivity contribution < 1.29 is 0 Å². The highest BCUT2D eigenvalue weighted by molar-refractivity contribution is 5.70. The smallest absolute Gasteiger partial charge is 0.158 e. The van der Waals surface area contributed by atoms with E-state index in [1.54, 1.807) is 4.68 Å². The minimum absolute atomic E-state index is 0.721. The van der Waals surface area contributed by atoms with Gasteiger partial charge in [0.1, 0.15) is 5.69 Å². The maximum Gasteiger partial charge on any atom is 0.158 e. The van der Waals surface area contributed by atoms with Crippen LogP contribution in [0.2, 0.25) is 0 Å². The van der Waals surface area contributed by atoms with Crippen LogP contribution in [0.3, 0.4) is 0 Å². The third kappa shape index (κ3) is 1.48. The van der Waals surface area contributed by atoms with Crippen molar-refractivity contribution in [3.63, 3.8) is 0 Å². The van der Waals surface area contributed by atoms with E-state index in [1.165, 1.54) is 0 Å². The Morgan fingerprint density at radius 3 is 2.50 bits per heavy atom. The Hall–Kier alpha value is -1.78. The van der Waals surface area contributed by atoms with Gasteiger partial charge in [0.25, 0.3) is 0 Å². The summed E-state index contributed by atoms with van der Waals surface area (Å²) in [6, 6.07) is 0. The van der Waals surface area contributed by atoms with Gasteiger partial charge in [-0.1, -0.05) is 6.92 Å². The fraction of sp³-hybridized carbons (Fsp3) is 0.455. The van der Waals surface area contributed by atoms with E-state index < -0.39 is 0 Å². The summed E-state index contributed by atoms with van der Waals surface area (Å²) < 4.78 is 1.78. The van der Waals surface area contributed by atoms with E-state index in [1.807, 2.05) is 27.8 Å². The van der Waals surface area contributed by atoms with Gasteiger partial charge in [-0.15, -0.1) is 0 Å². The summed E-state index contributed by atoms with van der Waals surface area (Å²) in [6.45, 7) is 6.02. The monoisotopic (exact) mass is 219 g/mol. The summed E-state index contributed by atoms with van der Waals surface area (Å²) in [7, 11) is 1.89. The van der Waals surface area contributed by atoms with Gasteiger partial charge in [0.05, 0.1) is 17.1 Å². The molecular formula is C11H17N5. The number of aryl methyl sites for hydroxylation is 4. The first-order chi connectivity index (χ1) is 7.54. The Bertz CT molecular complexity index is 501. The van der Waals surface area contributed by atoms with E-state index >= 15 is 0 Å². The van der Waals surface area contributed by atoms with E-state index in [0.717, 1.165) is 40.7 Å². The topological polar surface area (TPSA) is 72.5 Å². The summed E-state index contributed by atoms with van der Waals surface area (Å²) in [4.78, 5) is 7.68. The second kappa shape index (κ2) is 3.66. The fourth-order valence-electron chi connectivity index (χ4n) is 1.80. The van der Waals surface area contributed by atoms with Crippen LogP contribution in [-0.2, 0) is 13.5 Å². The molecule has 0 radical (unpaired) electrons. The minimum atomic E-state index is 0.721. The number of nitrogens with zero attached hydrogens (tertiary/aromatic N) is 3. The van der Waals surface area contributed by atoms with Crippen molar-refractivity contribution in [2.75, 3.05) is 5.73 Å². The van der Waals surface area contributed by atoms with Gasteiger partial charge >= 0.3 is 0 Å². The molecule has 5 nitrogen and oxygen atoms in total. The number of nitrogen functional groups attached to an aromatic ring is 1. The molecular weight excluding hydrogens is 202 g/mol. The number of rotatable bonds is 2. The molecule has 0 spiro atoms. The lowest BCUT2D eigenvalue weighted by Gasteiger charge is -1.98. The Morgan fingerprint density at radius 1 is 1.38 bits per heavy atom. The van der Waals surface area contributed by atoms with Crippen molar-refractivity contribution in [1.82, 2.24) is 19.7 Å². The van der Waals surface area contributed by atoms with Gasteiger partial charge < -0.3 is 10.7 Å². The first-order valence-electron chi connectivity index (χ1n) is 5.39. The molecule has 86 valence electrons. The van der Waals surface area contributed by atoms with Crippen LogP contribution in [0.25, 0.3) is 11.5 Å². The Kier molecular flexibility index (Phi) is 2.46. The highest BCUT2D eigenvalue weighted by Crippen LogP contribution is 2.26. The Balaban J connectivity index is 2.59. The summed E-state index contributed by atoms with van der Waals surface area (Å²) in [6.07, 6.45) is 0.832. The second-order valence-corrected chi connectivity index (χ2v) is 3.98. The van der Waals surface area contributed by atoms with Crippen LogP contribution >= 0.6 is 0 Å². The molecule has 5 heteroatoms. The van der Waals surface area contributed by atoms with Crippen LogP contribution in [0.15, 0.2) is 0 Å². The number of hydrogen-bond acceptors (Lipinski definition) is 3. The molecule has 0 aliphatic rings. The number of nitrogens with one attached hydrogen (secondary N) is 1. The van der Waals surface area contributed by atoms with Gasteiger partial charge in [-0.3, -0.25) is 4.68 Å². The highest BCUT2D eigenvalue weighted by atomic mass is 15.3. The van der Waals surface area contributed by atoms with Gasteiger partial charge in [0, 0.05) is 12.7 Å². The normalized spacial score (nSPS) is 11.0. The molecule has 0 amide bonds. The molecule has 3 N–H and O–H groups in total. The van der Waals surface area contributed by atoms with Crippen molar-refractivity contribution in [3.05, 3.63) is 17.1 Å². The molecule has 0 fully saturated rings. The summed E-state index contributed by atoms with van der Waals surface area (Å²) in [5, 5.41) is 4.38. The van der Waals surface area contributed by atoms with Crippen molar-refractivity contribution in [2.24, 2.45) is 7.05 Å². The van der Waals surface area contributed by atoms with Gasteiger partial charge in [0.15, 0.2) is 5.82 Å². The van der Waals surface area contributed by atoms with Crippen molar-refractivity contribution in [1.29, 1.82) is 0 Å². The lowest BCUT2D eigenvalue weighted by molar-refractivity contribution is 0.749. The lowest BCUT2D eigenvalue weighted by atomic mass is 10.2. The number of nitrogens with two attached hydrogens (primary N) is 1. The Morgan fingerprint density at radius 2 is 2.06 bits per heavy atom. The number of H-pyrrole nitrogens is 1. The molecule has 0 unspecified atom stereocenters. The van der Waals surface area contributed by atoms with Crippen LogP contribution < -0.4 is 5.73 Å². The molecule has 2 aromatic heterocycles. The molecule has 2 heterocycles. The van der Waals surface area contributed by atoms with Gasteiger partial charge in [-0.05, 0) is 20.3 Å². The molecule has 0 saturated carbocycles. The molecule has 0 aromatic carbocycles. The molecule has 2 aromatic rings. The maximum atomic E-state index is 6.06. The molecule has 0 saturated heterocycles. The highest BCUT2D eigenvalue weighted by Gasteiger charge is 2.16. The maximum absolute atomic E-state index is 6.06. The predicted octanol–water partition coefficient (Wildman–Crippen LogP) is 1.57. The zero-order valence-electron chi connectivity index (χ0n) is 10.1. The van der Waals surface area contributed by atoms with E-state index in [2.05, 4.69) is 15.1 Å². The van der Waals surface area contributed by atoms with Crippen LogP contribution in [-0.4, -0.2) is 19.7 Å². The van der Waals surface area contributed by atoms with Gasteiger partial charge in [-0.25, -0.2) is 4.98 Å². The van der Waals surface area contributed by atoms with Crippen LogP contribution in [0, 0.1) is 13.8 Å². The largest absolute Gasteiger partial charge is 0.395 e. The first-order valence-corrected chi connectivity index (χ1v) is 5.39. The molecule has 0 aliphatic heterocycles. The molecule has 0 bridgehead atoms. The first kappa shape index (κ1) is 10.7. The third-order valence-electron chi connectivity index (χ3n) is 2.85. The van der Waals surface area contributed by atoms with E-state index in [0.29, 0.717) is 0 Å². The average Bonchev–Trinajstić information content (AvgIpc) is 2.69. The third-order valence-corrected chi connectivity index (χ3v) is 2.85. The van der Waals surface area contributed by atoms with Gasteiger partial charge in [-0.2, -0.15) is 5.10 Å². The number of aromatic nitrogens is 4. The molecule has 0 atom stereocenters. The zero-order valence-corrected chi connectivity index (χ0v) is 10.1. The number of hydrogen-bond donors (Lipinski definition) is 2. The van der Waals surface area contributed by atoms with E-state index in [4.69, 9.17) is 5.73 Å². The van der Waals surface area contributed by atoms with Crippen LogP contribution in [0.4, 0.5) is 5.69 Å². The predicted molar refractivity (Wildman–Crippen MR) is 64.1 cm³/mol. The van der Waals surface area contributed by atoms with Gasteiger partial charge in [0.2, 0.25) is 0 Å². The molecule has 16 heavy (non-hydrogen) atoms. The summed E-state index contributed by atoms with van der Waals surface area (Å²) in [5.74, 6) is 0.794. The molecule has 2 rings (SSSR count). The average molecular weight is 219 g/mol. The minimum Gasteiger partial charge on any atom is -0.395 e. The van der Waals surface area contributed by atoms with Crippen molar-refractivity contribution in [2.45, 2.75) is 27.2 Å². The summed E-state index contributed by atoms with van der Waals surface area (Å²) >= 11 is 0. The quantitative estimate of drug-likeness (QED) is 0.805. The number of anilines is 1. The number of aromatic amines is 1. The zero-order chi connectivity index (χ0) is 11.9. The van der Waals surface area contributed by atoms with Crippen LogP contribution in [0.1, 0.15) is 24.0 Å². The number of imidazole rings is 1. The van der Waals surface area contributed by atoms with E-state index in [-0.39, 0.29) is 0 Å². The molecule has 0 aliphatic carbocycles. The SMILES string of the molecule is CCc1nn(C)c(-c2nc(C)c(C)[nH]2)c1N. The van der Waals surface area contributed by atoms with Crippen molar-refractivity contribution in [3.8, 4) is 11.5 Å². The fourth-order valence-corrected chi connectivity index (χ4v) is 1.80. The Labute approximate surface area is 94.7 Å². The second-order valence-electron chi connectivity index (χ2n) is 3.98. The standard InChI is InChI=1S/C11H17N5/c1-5-8-9(12)10(16(4)15-8)11-13-6(2)7(3)14-11/h5,12H2,1-4H3,(H,13,14).